The topological polar surface area (TPSA) is 114 Å². The molecule has 3 aromatic rings. The Morgan fingerprint density at radius 3 is 2.29 bits per heavy atom. The Morgan fingerprint density at radius 1 is 1.11 bits per heavy atom. The summed E-state index contributed by atoms with van der Waals surface area (Å²) in [6.45, 7) is 1.65. The van der Waals surface area contributed by atoms with Crippen molar-refractivity contribution in [2.45, 2.75) is 37.8 Å². The van der Waals surface area contributed by atoms with Gasteiger partial charge in [0.05, 0.1) is 0 Å². The number of hydrogen-bond acceptors (Lipinski definition) is 5. The maximum atomic E-state index is 13.0. The highest BCUT2D eigenvalue weighted by Crippen LogP contribution is 2.44. The van der Waals surface area contributed by atoms with Crippen molar-refractivity contribution < 1.29 is 24.2 Å². The Labute approximate surface area is 202 Å². The van der Waals surface area contributed by atoms with Crippen LogP contribution in [0.2, 0.25) is 0 Å². The molecule has 1 fully saturated rings. The molecule has 9 nitrogen and oxygen atoms in total. The van der Waals surface area contributed by atoms with E-state index >= 15 is 0 Å². The lowest BCUT2D eigenvalue weighted by Crippen LogP contribution is -2.44. The summed E-state index contributed by atoms with van der Waals surface area (Å²) in [5.74, 6) is -1.33. The van der Waals surface area contributed by atoms with Crippen molar-refractivity contribution in [3.63, 3.8) is 0 Å². The molecule has 2 aromatic carbocycles. The number of hydrogen-bond donors (Lipinski definition) is 2. The van der Waals surface area contributed by atoms with Gasteiger partial charge in [0, 0.05) is 25.1 Å². The fraction of sp³-hybridized carbons (Fsp3) is 0.308. The zero-order chi connectivity index (χ0) is 24.7. The normalized spacial score (nSPS) is 15.1. The van der Waals surface area contributed by atoms with Gasteiger partial charge in [-0.15, -0.1) is 0 Å². The fourth-order valence-corrected chi connectivity index (χ4v) is 4.69. The second-order valence-electron chi connectivity index (χ2n) is 8.95. The maximum absolute atomic E-state index is 13.0. The molecule has 9 heteroatoms. The molecule has 1 heterocycles. The number of ether oxygens (including phenoxy) is 1. The van der Waals surface area contributed by atoms with Crippen molar-refractivity contribution in [1.82, 2.24) is 14.7 Å². The number of fused-ring (bicyclic) bond motifs is 3. The zero-order valence-electron chi connectivity index (χ0n) is 19.5. The molecule has 2 aliphatic carbocycles. The Hall–Kier alpha value is -4.14. The number of rotatable bonds is 7. The van der Waals surface area contributed by atoms with E-state index in [-0.39, 0.29) is 30.1 Å². The first-order valence-corrected chi connectivity index (χ1v) is 11.6. The van der Waals surface area contributed by atoms with Crippen molar-refractivity contribution in [2.24, 2.45) is 7.05 Å². The molecule has 2 aliphatic rings. The van der Waals surface area contributed by atoms with Crippen LogP contribution in [-0.2, 0) is 16.6 Å². The molecule has 1 atom stereocenters. The van der Waals surface area contributed by atoms with E-state index in [0.29, 0.717) is 0 Å². The molecule has 2 N–H and O–H groups in total. The van der Waals surface area contributed by atoms with Gasteiger partial charge in [-0.3, -0.25) is 14.8 Å². The monoisotopic (exact) mass is 474 g/mol. The zero-order valence-corrected chi connectivity index (χ0v) is 19.5. The van der Waals surface area contributed by atoms with Crippen LogP contribution in [0.4, 0.5) is 10.6 Å². The molecule has 180 valence electrons. The number of anilines is 1. The van der Waals surface area contributed by atoms with Crippen LogP contribution in [0.25, 0.3) is 11.1 Å². The van der Waals surface area contributed by atoms with Gasteiger partial charge in [-0.2, -0.15) is 5.10 Å². The number of benzene rings is 2. The van der Waals surface area contributed by atoms with Crippen LogP contribution in [0.5, 0.6) is 0 Å². The average molecular weight is 475 g/mol. The molecular weight excluding hydrogens is 448 g/mol. The van der Waals surface area contributed by atoms with E-state index in [1.165, 1.54) is 22.6 Å². The highest BCUT2D eigenvalue weighted by atomic mass is 16.5. The van der Waals surface area contributed by atoms with Crippen LogP contribution in [-0.4, -0.2) is 56.4 Å². The predicted molar refractivity (Wildman–Crippen MR) is 128 cm³/mol. The number of carbonyl (C=O) groups is 3. The van der Waals surface area contributed by atoms with Gasteiger partial charge in [-0.25, -0.2) is 9.59 Å². The van der Waals surface area contributed by atoms with Crippen molar-refractivity contribution in [3.8, 4) is 11.1 Å². The number of carboxylic acid groups (broad SMARTS) is 1. The Balaban J connectivity index is 1.27. The van der Waals surface area contributed by atoms with Gasteiger partial charge in [0.25, 0.3) is 5.91 Å². The van der Waals surface area contributed by atoms with Crippen LogP contribution < -0.4 is 5.32 Å². The molecule has 1 unspecified atom stereocenters. The first kappa shape index (κ1) is 22.6. The number of aromatic nitrogens is 2. The summed E-state index contributed by atoms with van der Waals surface area (Å²) in [5, 5.41) is 16.2. The minimum Gasteiger partial charge on any atom is -0.480 e. The summed E-state index contributed by atoms with van der Waals surface area (Å²) < 4.78 is 6.94. The van der Waals surface area contributed by atoms with Gasteiger partial charge < -0.3 is 14.7 Å². The molecule has 1 aromatic heterocycles. The molecule has 0 bridgehead atoms. The van der Waals surface area contributed by atoms with Gasteiger partial charge in [-0.1, -0.05) is 48.5 Å². The summed E-state index contributed by atoms with van der Waals surface area (Å²) in [4.78, 5) is 38.4. The van der Waals surface area contributed by atoms with E-state index in [4.69, 9.17) is 4.74 Å². The highest BCUT2D eigenvalue weighted by Gasteiger charge is 2.39. The van der Waals surface area contributed by atoms with Gasteiger partial charge in [-0.05, 0) is 42.0 Å². The summed E-state index contributed by atoms with van der Waals surface area (Å²) in [6.07, 6.45) is 0.870. The average Bonchev–Trinajstić information content (AvgIpc) is 3.54. The molecule has 1 saturated carbocycles. The first-order chi connectivity index (χ1) is 16.8. The Bertz CT molecular complexity index is 1270. The maximum Gasteiger partial charge on any atom is 0.412 e. The number of nitrogens with one attached hydrogen (secondary N) is 1. The SMILES string of the molecule is CC(C(=O)O)N(C(=O)c1cc(NC(=O)OCC2c3ccccc3-c3ccccc32)n(C)n1)C1CC1. The molecule has 0 aliphatic heterocycles. The lowest BCUT2D eigenvalue weighted by molar-refractivity contribution is -0.141. The van der Waals surface area contributed by atoms with Gasteiger partial charge >= 0.3 is 12.1 Å². The number of nitrogens with zero attached hydrogens (tertiary/aromatic N) is 3. The molecule has 0 radical (unpaired) electrons. The molecule has 2 amide bonds. The Morgan fingerprint density at radius 2 is 1.71 bits per heavy atom. The lowest BCUT2D eigenvalue weighted by Gasteiger charge is -2.25. The smallest absolute Gasteiger partial charge is 0.412 e. The second kappa shape index (κ2) is 8.90. The second-order valence-corrected chi connectivity index (χ2v) is 8.95. The van der Waals surface area contributed by atoms with Crippen LogP contribution in [0, 0.1) is 0 Å². The Kier molecular flexibility index (Phi) is 5.76. The van der Waals surface area contributed by atoms with E-state index in [1.807, 2.05) is 36.4 Å². The van der Waals surface area contributed by atoms with Crippen molar-refractivity contribution in [2.75, 3.05) is 11.9 Å². The third-order valence-corrected chi connectivity index (χ3v) is 6.62. The molecular formula is C26H26N4O5. The van der Waals surface area contributed by atoms with Crippen molar-refractivity contribution in [1.29, 1.82) is 0 Å². The predicted octanol–water partition coefficient (Wildman–Crippen LogP) is 3.86. The summed E-state index contributed by atoms with van der Waals surface area (Å²) >= 11 is 0. The number of aryl methyl sites for hydroxylation is 1. The van der Waals surface area contributed by atoms with Gasteiger partial charge in [0.1, 0.15) is 18.5 Å². The first-order valence-electron chi connectivity index (χ1n) is 11.6. The quantitative estimate of drug-likeness (QED) is 0.538. The third-order valence-electron chi connectivity index (χ3n) is 6.62. The summed E-state index contributed by atoms with van der Waals surface area (Å²) in [6, 6.07) is 16.5. The summed E-state index contributed by atoms with van der Waals surface area (Å²) in [5.41, 5.74) is 4.58. The number of carbonyl (C=O) groups excluding carboxylic acids is 2. The molecule has 0 spiro atoms. The van der Waals surface area contributed by atoms with Gasteiger partial charge in [0.2, 0.25) is 0 Å². The summed E-state index contributed by atoms with van der Waals surface area (Å²) in [7, 11) is 1.60. The minimum atomic E-state index is -1.07. The number of amides is 2. The van der Waals surface area contributed by atoms with Gasteiger partial charge in [0.15, 0.2) is 5.69 Å². The molecule has 35 heavy (non-hydrogen) atoms. The van der Waals surface area contributed by atoms with E-state index < -0.39 is 24.0 Å². The van der Waals surface area contributed by atoms with E-state index in [2.05, 4.69) is 22.5 Å². The fourth-order valence-electron chi connectivity index (χ4n) is 4.69. The number of aliphatic carboxylic acids is 1. The molecule has 0 saturated heterocycles. The van der Waals surface area contributed by atoms with E-state index in [1.54, 1.807) is 7.05 Å². The van der Waals surface area contributed by atoms with Crippen LogP contribution in [0.1, 0.15) is 47.3 Å². The minimum absolute atomic E-state index is 0.0681. The third kappa shape index (κ3) is 4.25. The lowest BCUT2D eigenvalue weighted by atomic mass is 9.98. The van der Waals surface area contributed by atoms with Crippen LogP contribution in [0.15, 0.2) is 54.6 Å². The molecule has 5 rings (SSSR count). The van der Waals surface area contributed by atoms with Crippen LogP contribution >= 0.6 is 0 Å². The van der Waals surface area contributed by atoms with E-state index in [9.17, 15) is 19.5 Å². The van der Waals surface area contributed by atoms with Crippen molar-refractivity contribution >= 4 is 23.8 Å². The largest absolute Gasteiger partial charge is 0.480 e. The van der Waals surface area contributed by atoms with Crippen molar-refractivity contribution in [3.05, 3.63) is 71.4 Å². The van der Waals surface area contributed by atoms with E-state index in [0.717, 1.165) is 35.1 Å². The van der Waals surface area contributed by atoms with Crippen LogP contribution in [0.3, 0.4) is 0 Å². The standard InChI is InChI=1S/C26H26N4O5/c1-15(25(32)33)30(16-11-12-16)24(31)22-13-23(29(2)28-22)27-26(34)35-14-21-19-9-5-3-7-17(19)18-8-4-6-10-20(18)21/h3-10,13,15-16,21H,11-12,14H2,1-2H3,(H,27,34)(H,32,33). The highest BCUT2D eigenvalue weighted by molar-refractivity contribution is 5.97. The number of carboxylic acids is 1.